The Labute approximate surface area is 168 Å². The van der Waals surface area contributed by atoms with Crippen LogP contribution in [0.1, 0.15) is 15.9 Å². The molecule has 2 rings (SSSR count). The van der Waals surface area contributed by atoms with Gasteiger partial charge in [0.25, 0.3) is 5.91 Å². The van der Waals surface area contributed by atoms with Crippen molar-refractivity contribution in [3.8, 4) is 6.07 Å². The van der Waals surface area contributed by atoms with Crippen molar-refractivity contribution in [1.82, 2.24) is 10.6 Å². The Balaban J connectivity index is 2.20. The molecule has 0 saturated carbocycles. The highest BCUT2D eigenvalue weighted by molar-refractivity contribution is 7.92. The van der Waals surface area contributed by atoms with E-state index in [0.717, 1.165) is 0 Å². The number of nitrogens with zero attached hydrogens (tertiary/aromatic N) is 1. The molecule has 1 unspecified atom stereocenters. The molecule has 0 aliphatic rings. The third kappa shape index (κ3) is 5.81. The Kier molecular flexibility index (Phi) is 7.55. The first-order valence-electron chi connectivity index (χ1n) is 8.28. The second-order valence-corrected chi connectivity index (χ2v) is 8.43. The quantitative estimate of drug-likeness (QED) is 0.631. The van der Waals surface area contributed by atoms with Crippen molar-refractivity contribution in [3.63, 3.8) is 0 Å². The number of hydrogen-bond acceptors (Lipinski definition) is 5. The van der Waals surface area contributed by atoms with Crippen LogP contribution in [-0.2, 0) is 20.4 Å². The lowest BCUT2D eigenvalue weighted by atomic mass is 10.2. The molecule has 2 N–H and O–H groups in total. The van der Waals surface area contributed by atoms with Gasteiger partial charge in [-0.3, -0.25) is 9.59 Å². The van der Waals surface area contributed by atoms with Crippen molar-refractivity contribution in [2.75, 3.05) is 13.1 Å². The molecule has 0 saturated heterocycles. The predicted octanol–water partition coefficient (Wildman–Crippen LogP) is 1.69. The van der Waals surface area contributed by atoms with Gasteiger partial charge in [0, 0.05) is 17.1 Å². The number of halogens is 1. The first kappa shape index (κ1) is 21.4. The number of rotatable bonds is 8. The SMILES string of the molecule is N#CCNC(=O)C(CNC(=O)c1ccccc1)S(=O)(=O)Cc1ccccc1Cl. The van der Waals surface area contributed by atoms with Crippen LogP contribution in [0.15, 0.2) is 54.6 Å². The Bertz CT molecular complexity index is 988. The standard InChI is InChI=1S/C19H18ClN3O4S/c20-16-9-5-4-8-15(16)13-28(26,27)17(19(25)22-11-10-21)12-23-18(24)14-6-2-1-3-7-14/h1-9,17H,11-13H2,(H,22,25)(H,23,24). The lowest BCUT2D eigenvalue weighted by molar-refractivity contribution is -0.120. The molecule has 9 heteroatoms. The van der Waals surface area contributed by atoms with E-state index in [2.05, 4.69) is 10.6 Å². The van der Waals surface area contributed by atoms with Gasteiger partial charge in [-0.15, -0.1) is 0 Å². The molecule has 1 atom stereocenters. The zero-order valence-corrected chi connectivity index (χ0v) is 16.3. The smallest absolute Gasteiger partial charge is 0.251 e. The van der Waals surface area contributed by atoms with Gasteiger partial charge in [-0.05, 0) is 23.8 Å². The molecule has 2 aromatic carbocycles. The van der Waals surface area contributed by atoms with Gasteiger partial charge >= 0.3 is 0 Å². The van der Waals surface area contributed by atoms with Gasteiger partial charge in [0.05, 0.1) is 11.8 Å². The van der Waals surface area contributed by atoms with E-state index in [4.69, 9.17) is 16.9 Å². The van der Waals surface area contributed by atoms with Crippen molar-refractivity contribution in [3.05, 3.63) is 70.7 Å². The van der Waals surface area contributed by atoms with Gasteiger partial charge in [0.15, 0.2) is 15.1 Å². The number of nitriles is 1. The Hall–Kier alpha value is -2.89. The summed E-state index contributed by atoms with van der Waals surface area (Å²) >= 11 is 6.03. The molecule has 7 nitrogen and oxygen atoms in total. The molecule has 0 aromatic heterocycles. The summed E-state index contributed by atoms with van der Waals surface area (Å²) in [6.45, 7) is -0.776. The first-order valence-corrected chi connectivity index (χ1v) is 10.4. The summed E-state index contributed by atoms with van der Waals surface area (Å²) in [7, 11) is -4.03. The van der Waals surface area contributed by atoms with Gasteiger partial charge in [-0.2, -0.15) is 5.26 Å². The summed E-state index contributed by atoms with van der Waals surface area (Å²) in [5.41, 5.74) is 0.679. The van der Waals surface area contributed by atoms with Crippen molar-refractivity contribution in [2.45, 2.75) is 11.0 Å². The summed E-state index contributed by atoms with van der Waals surface area (Å²) in [5.74, 6) is -1.84. The molecule has 2 amide bonds. The molecule has 0 heterocycles. The van der Waals surface area contributed by atoms with Crippen LogP contribution in [0.2, 0.25) is 5.02 Å². The fourth-order valence-electron chi connectivity index (χ4n) is 2.43. The van der Waals surface area contributed by atoms with E-state index in [-0.39, 0.29) is 11.6 Å². The maximum absolute atomic E-state index is 12.9. The lowest BCUT2D eigenvalue weighted by Crippen LogP contribution is -2.47. The molecule has 2 aromatic rings. The van der Waals surface area contributed by atoms with Crippen LogP contribution < -0.4 is 10.6 Å². The maximum Gasteiger partial charge on any atom is 0.251 e. The van der Waals surface area contributed by atoms with E-state index in [1.54, 1.807) is 60.7 Å². The zero-order chi connectivity index (χ0) is 20.6. The van der Waals surface area contributed by atoms with Crippen LogP contribution in [0.5, 0.6) is 0 Å². The number of carbonyl (C=O) groups is 2. The predicted molar refractivity (Wildman–Crippen MR) is 105 cm³/mol. The average molecular weight is 420 g/mol. The molecule has 0 fully saturated rings. The largest absolute Gasteiger partial charge is 0.350 e. The normalized spacial score (nSPS) is 11.9. The second-order valence-electron chi connectivity index (χ2n) is 5.84. The third-order valence-corrected chi connectivity index (χ3v) is 6.20. The molecule has 0 bridgehead atoms. The minimum atomic E-state index is -4.03. The summed E-state index contributed by atoms with van der Waals surface area (Å²) < 4.78 is 25.7. The number of benzene rings is 2. The zero-order valence-electron chi connectivity index (χ0n) is 14.8. The molecular formula is C19H18ClN3O4S. The van der Waals surface area contributed by atoms with Gasteiger partial charge in [0.1, 0.15) is 6.54 Å². The van der Waals surface area contributed by atoms with Crippen molar-refractivity contribution < 1.29 is 18.0 Å². The van der Waals surface area contributed by atoms with Crippen LogP contribution in [0.3, 0.4) is 0 Å². The van der Waals surface area contributed by atoms with Gasteiger partial charge in [0.2, 0.25) is 5.91 Å². The summed E-state index contributed by atoms with van der Waals surface area (Å²) in [4.78, 5) is 24.6. The average Bonchev–Trinajstić information content (AvgIpc) is 2.68. The first-order chi connectivity index (χ1) is 13.3. The van der Waals surface area contributed by atoms with Crippen LogP contribution in [-0.4, -0.2) is 38.6 Å². The van der Waals surface area contributed by atoms with E-state index in [9.17, 15) is 18.0 Å². The topological polar surface area (TPSA) is 116 Å². The van der Waals surface area contributed by atoms with E-state index >= 15 is 0 Å². The highest BCUT2D eigenvalue weighted by Crippen LogP contribution is 2.20. The highest BCUT2D eigenvalue weighted by Gasteiger charge is 2.33. The molecular weight excluding hydrogens is 402 g/mol. The van der Waals surface area contributed by atoms with Gasteiger partial charge in [-0.1, -0.05) is 48.0 Å². The van der Waals surface area contributed by atoms with Crippen LogP contribution in [0, 0.1) is 11.3 Å². The van der Waals surface area contributed by atoms with Crippen LogP contribution >= 0.6 is 11.6 Å². The summed E-state index contributed by atoms with van der Waals surface area (Å²) in [6.07, 6.45) is 0. The van der Waals surface area contributed by atoms with E-state index in [0.29, 0.717) is 11.1 Å². The summed E-state index contributed by atoms with van der Waals surface area (Å²) in [5, 5.41) is 12.0. The molecule has 146 valence electrons. The fourth-order valence-corrected chi connectivity index (χ4v) is 4.35. The number of nitrogens with one attached hydrogen (secondary N) is 2. The maximum atomic E-state index is 12.9. The highest BCUT2D eigenvalue weighted by atomic mass is 35.5. The van der Waals surface area contributed by atoms with E-state index < -0.39 is 39.2 Å². The third-order valence-electron chi connectivity index (χ3n) is 3.87. The van der Waals surface area contributed by atoms with Gasteiger partial charge < -0.3 is 10.6 Å². The number of amides is 2. The van der Waals surface area contributed by atoms with Crippen LogP contribution in [0.25, 0.3) is 0 Å². The fraction of sp³-hybridized carbons (Fsp3) is 0.211. The Morgan fingerprint density at radius 2 is 1.68 bits per heavy atom. The Morgan fingerprint density at radius 1 is 1.04 bits per heavy atom. The number of sulfone groups is 1. The number of hydrogen-bond donors (Lipinski definition) is 2. The van der Waals surface area contributed by atoms with Crippen molar-refractivity contribution >= 4 is 33.3 Å². The minimum Gasteiger partial charge on any atom is -0.350 e. The van der Waals surface area contributed by atoms with E-state index in [1.165, 1.54) is 0 Å². The second kappa shape index (κ2) is 9.88. The summed E-state index contributed by atoms with van der Waals surface area (Å²) in [6, 6.07) is 16.3. The molecule has 28 heavy (non-hydrogen) atoms. The van der Waals surface area contributed by atoms with Gasteiger partial charge in [-0.25, -0.2) is 8.42 Å². The molecule has 0 aliphatic heterocycles. The van der Waals surface area contributed by atoms with Crippen molar-refractivity contribution in [2.24, 2.45) is 0 Å². The monoisotopic (exact) mass is 419 g/mol. The molecule has 0 aliphatic carbocycles. The minimum absolute atomic E-state index is 0.260. The molecule has 0 spiro atoms. The van der Waals surface area contributed by atoms with E-state index in [1.807, 2.05) is 0 Å². The van der Waals surface area contributed by atoms with Crippen molar-refractivity contribution in [1.29, 1.82) is 5.26 Å². The lowest BCUT2D eigenvalue weighted by Gasteiger charge is -2.18. The molecule has 0 radical (unpaired) electrons. The van der Waals surface area contributed by atoms with Crippen LogP contribution in [0.4, 0.5) is 0 Å². The Morgan fingerprint density at radius 3 is 2.32 bits per heavy atom. The number of carbonyl (C=O) groups excluding carboxylic acids is 2.